The lowest BCUT2D eigenvalue weighted by Crippen LogP contribution is -2.52. The highest BCUT2D eigenvalue weighted by Gasteiger charge is 2.42. The van der Waals surface area contributed by atoms with E-state index in [9.17, 15) is 4.79 Å². The van der Waals surface area contributed by atoms with Crippen LogP contribution in [0.4, 0.5) is 5.13 Å². The molecule has 132 valence electrons. The van der Waals surface area contributed by atoms with Gasteiger partial charge in [-0.3, -0.25) is 4.79 Å². The van der Waals surface area contributed by atoms with Gasteiger partial charge in [-0.1, -0.05) is 25.2 Å². The molecule has 1 aliphatic carbocycles. The van der Waals surface area contributed by atoms with Crippen molar-refractivity contribution in [3.8, 4) is 0 Å². The van der Waals surface area contributed by atoms with Crippen LogP contribution in [0.15, 0.2) is 0 Å². The van der Waals surface area contributed by atoms with Crippen molar-refractivity contribution in [3.63, 3.8) is 0 Å². The Kier molecular flexibility index (Phi) is 4.27. The topological polar surface area (TPSA) is 49.3 Å². The predicted molar refractivity (Wildman–Crippen MR) is 96.4 cm³/mol. The Hall–Kier alpha value is -1.17. The SMILES string of the molecule is CC(C)c1nnc(N2CCC3(CCC(=O)N(CC4CC4)C3)CC2)s1. The molecular weight excluding hydrogens is 320 g/mol. The molecule has 2 saturated heterocycles. The molecule has 0 N–H and O–H groups in total. The van der Waals surface area contributed by atoms with E-state index in [2.05, 4.69) is 33.8 Å². The van der Waals surface area contributed by atoms with Gasteiger partial charge in [0, 0.05) is 38.5 Å². The van der Waals surface area contributed by atoms with Crippen molar-refractivity contribution < 1.29 is 4.79 Å². The largest absolute Gasteiger partial charge is 0.347 e. The van der Waals surface area contributed by atoms with E-state index < -0.39 is 0 Å². The number of amides is 1. The number of hydrogen-bond acceptors (Lipinski definition) is 5. The molecule has 1 amide bonds. The van der Waals surface area contributed by atoms with Gasteiger partial charge in [-0.25, -0.2) is 0 Å². The lowest BCUT2D eigenvalue weighted by atomic mass is 9.72. The summed E-state index contributed by atoms with van der Waals surface area (Å²) < 4.78 is 0. The van der Waals surface area contributed by atoms with Gasteiger partial charge in [0.25, 0.3) is 0 Å². The van der Waals surface area contributed by atoms with Crippen LogP contribution in [0.25, 0.3) is 0 Å². The Balaban J connectivity index is 1.38. The van der Waals surface area contributed by atoms with Crippen LogP contribution in [0, 0.1) is 11.3 Å². The third kappa shape index (κ3) is 3.30. The summed E-state index contributed by atoms with van der Waals surface area (Å²) in [6.07, 6.45) is 6.83. The first-order valence-corrected chi connectivity index (χ1v) is 10.2. The summed E-state index contributed by atoms with van der Waals surface area (Å²) >= 11 is 1.74. The Labute approximate surface area is 148 Å². The lowest BCUT2D eigenvalue weighted by Gasteiger charge is -2.47. The zero-order valence-electron chi connectivity index (χ0n) is 14.8. The average Bonchev–Trinajstić information content (AvgIpc) is 3.24. The highest BCUT2D eigenvalue weighted by Crippen LogP contribution is 2.43. The van der Waals surface area contributed by atoms with Crippen LogP contribution in [0.5, 0.6) is 0 Å². The molecule has 3 fully saturated rings. The number of rotatable bonds is 4. The molecule has 1 aromatic rings. The molecule has 4 rings (SSSR count). The smallest absolute Gasteiger partial charge is 0.222 e. The van der Waals surface area contributed by atoms with Crippen molar-refractivity contribution in [2.45, 2.75) is 58.3 Å². The van der Waals surface area contributed by atoms with Crippen molar-refractivity contribution in [1.29, 1.82) is 0 Å². The molecule has 1 aromatic heterocycles. The van der Waals surface area contributed by atoms with Crippen LogP contribution < -0.4 is 4.90 Å². The van der Waals surface area contributed by atoms with E-state index in [0.717, 1.165) is 55.1 Å². The Morgan fingerprint density at radius 3 is 2.58 bits per heavy atom. The van der Waals surface area contributed by atoms with Crippen LogP contribution >= 0.6 is 11.3 Å². The van der Waals surface area contributed by atoms with Crippen molar-refractivity contribution >= 4 is 22.4 Å². The second-order valence-corrected chi connectivity index (χ2v) is 9.27. The molecule has 0 atom stereocenters. The zero-order chi connectivity index (χ0) is 16.7. The van der Waals surface area contributed by atoms with Gasteiger partial charge in [-0.15, -0.1) is 10.2 Å². The average molecular weight is 349 g/mol. The Morgan fingerprint density at radius 2 is 1.96 bits per heavy atom. The van der Waals surface area contributed by atoms with E-state index >= 15 is 0 Å². The third-order valence-corrected chi connectivity index (χ3v) is 7.23. The zero-order valence-corrected chi connectivity index (χ0v) is 15.6. The van der Waals surface area contributed by atoms with Crippen molar-refractivity contribution in [3.05, 3.63) is 5.01 Å². The summed E-state index contributed by atoms with van der Waals surface area (Å²) in [4.78, 5) is 16.8. The van der Waals surface area contributed by atoms with Gasteiger partial charge in [0.1, 0.15) is 5.01 Å². The fourth-order valence-electron chi connectivity index (χ4n) is 4.05. The molecule has 24 heavy (non-hydrogen) atoms. The van der Waals surface area contributed by atoms with Gasteiger partial charge in [0.05, 0.1) is 0 Å². The molecule has 3 aliphatic rings. The van der Waals surface area contributed by atoms with Crippen LogP contribution in [0.3, 0.4) is 0 Å². The van der Waals surface area contributed by atoms with E-state index in [1.807, 2.05) is 0 Å². The minimum Gasteiger partial charge on any atom is -0.347 e. The molecule has 5 nitrogen and oxygen atoms in total. The summed E-state index contributed by atoms with van der Waals surface area (Å²) in [5, 5.41) is 10.9. The summed E-state index contributed by atoms with van der Waals surface area (Å²) in [6, 6.07) is 0. The van der Waals surface area contributed by atoms with E-state index in [-0.39, 0.29) is 0 Å². The number of hydrogen-bond donors (Lipinski definition) is 0. The van der Waals surface area contributed by atoms with E-state index in [4.69, 9.17) is 0 Å². The number of aromatic nitrogens is 2. The number of carbonyl (C=O) groups excluding carboxylic acids is 1. The number of likely N-dealkylation sites (tertiary alicyclic amines) is 1. The summed E-state index contributed by atoms with van der Waals surface area (Å²) in [7, 11) is 0. The second kappa shape index (κ2) is 6.28. The molecule has 0 unspecified atom stereocenters. The Morgan fingerprint density at radius 1 is 1.21 bits per heavy atom. The highest BCUT2D eigenvalue weighted by molar-refractivity contribution is 7.15. The lowest BCUT2D eigenvalue weighted by molar-refractivity contribution is -0.138. The first-order valence-electron chi connectivity index (χ1n) is 9.41. The molecule has 1 spiro atoms. The summed E-state index contributed by atoms with van der Waals surface area (Å²) in [5.41, 5.74) is 0.352. The quantitative estimate of drug-likeness (QED) is 0.838. The second-order valence-electron chi connectivity index (χ2n) is 8.28. The number of nitrogens with zero attached hydrogens (tertiary/aromatic N) is 4. The molecular formula is C18H28N4OS. The van der Waals surface area contributed by atoms with Gasteiger partial charge in [0.15, 0.2) is 0 Å². The van der Waals surface area contributed by atoms with Crippen LogP contribution in [0.1, 0.15) is 63.3 Å². The Bertz CT molecular complexity index is 602. The third-order valence-electron chi connectivity index (χ3n) is 5.94. The predicted octanol–water partition coefficient (Wildman–Crippen LogP) is 3.28. The van der Waals surface area contributed by atoms with Crippen molar-refractivity contribution in [2.75, 3.05) is 31.1 Å². The molecule has 0 bridgehead atoms. The maximum Gasteiger partial charge on any atom is 0.222 e. The highest BCUT2D eigenvalue weighted by atomic mass is 32.1. The van der Waals surface area contributed by atoms with Crippen LogP contribution in [-0.4, -0.2) is 47.2 Å². The maximum atomic E-state index is 12.2. The fraction of sp³-hybridized carbons (Fsp3) is 0.833. The van der Waals surface area contributed by atoms with Gasteiger partial charge in [-0.2, -0.15) is 0 Å². The van der Waals surface area contributed by atoms with Gasteiger partial charge in [0.2, 0.25) is 11.0 Å². The number of anilines is 1. The number of carbonyl (C=O) groups is 1. The van der Waals surface area contributed by atoms with Crippen LogP contribution in [0.2, 0.25) is 0 Å². The molecule has 1 saturated carbocycles. The fourth-order valence-corrected chi connectivity index (χ4v) is 4.95. The van der Waals surface area contributed by atoms with Crippen molar-refractivity contribution in [1.82, 2.24) is 15.1 Å². The van der Waals surface area contributed by atoms with Gasteiger partial charge in [-0.05, 0) is 43.4 Å². The van der Waals surface area contributed by atoms with E-state index in [1.165, 1.54) is 25.7 Å². The molecule has 6 heteroatoms. The first-order chi connectivity index (χ1) is 11.5. The molecule has 2 aliphatic heterocycles. The van der Waals surface area contributed by atoms with Crippen molar-refractivity contribution in [2.24, 2.45) is 11.3 Å². The monoisotopic (exact) mass is 348 g/mol. The maximum absolute atomic E-state index is 12.2. The van der Waals surface area contributed by atoms with Gasteiger partial charge < -0.3 is 9.80 Å². The molecule has 0 radical (unpaired) electrons. The van der Waals surface area contributed by atoms with Crippen LogP contribution in [-0.2, 0) is 4.79 Å². The normalized spacial score (nSPS) is 24.2. The minimum absolute atomic E-state index is 0.352. The van der Waals surface area contributed by atoms with Gasteiger partial charge >= 0.3 is 0 Å². The first kappa shape index (κ1) is 16.3. The summed E-state index contributed by atoms with van der Waals surface area (Å²) in [5.74, 6) is 1.63. The minimum atomic E-state index is 0.352. The van der Waals surface area contributed by atoms with E-state index in [0.29, 0.717) is 17.2 Å². The number of piperidine rings is 2. The summed E-state index contributed by atoms with van der Waals surface area (Å²) in [6.45, 7) is 8.45. The standard InChI is InChI=1S/C18H28N4OS/c1-13(2)16-19-20-17(24-16)21-9-7-18(8-10-21)6-5-15(23)22(12-18)11-14-3-4-14/h13-14H,3-12H2,1-2H3. The molecule has 0 aromatic carbocycles. The molecule has 3 heterocycles. The van der Waals surface area contributed by atoms with E-state index in [1.54, 1.807) is 11.3 Å².